The number of likely N-dealkylation sites (tertiary alicyclic amines) is 1. The van der Waals surface area contributed by atoms with E-state index in [0.29, 0.717) is 5.41 Å². The van der Waals surface area contributed by atoms with Crippen LogP contribution in [-0.2, 0) is 0 Å². The quantitative estimate of drug-likeness (QED) is 0.771. The Bertz CT molecular complexity index is 456. The maximum absolute atomic E-state index is 12.4. The molecule has 2 aliphatic rings. The summed E-state index contributed by atoms with van der Waals surface area (Å²) in [7, 11) is 0. The van der Waals surface area contributed by atoms with Gasteiger partial charge in [-0.1, -0.05) is 0 Å². The van der Waals surface area contributed by atoms with Crippen molar-refractivity contribution in [2.45, 2.75) is 19.3 Å². The predicted molar refractivity (Wildman–Crippen MR) is 84.2 cm³/mol. The van der Waals surface area contributed by atoms with Crippen molar-refractivity contribution >= 4 is 28.5 Å². The lowest BCUT2D eigenvalue weighted by Gasteiger charge is -2.38. The summed E-state index contributed by atoms with van der Waals surface area (Å²) in [6.07, 6.45) is 3.57. The Morgan fingerprint density at radius 2 is 1.84 bits per heavy atom. The van der Waals surface area contributed by atoms with Gasteiger partial charge in [0.1, 0.15) is 0 Å². The Hall–Kier alpha value is -0.620. The fraction of sp³-hybridized carbons (Fsp3) is 0.533. The Labute approximate surface area is 127 Å². The average Bonchev–Trinajstić information content (AvgIpc) is 2.88. The van der Waals surface area contributed by atoms with Gasteiger partial charge in [-0.05, 0) is 78.1 Å². The number of hydrogen-bond donors (Lipinski definition) is 1. The van der Waals surface area contributed by atoms with Gasteiger partial charge in [-0.2, -0.15) is 0 Å². The second-order valence-electron chi connectivity index (χ2n) is 5.73. The molecule has 0 saturated carbocycles. The third-order valence-corrected chi connectivity index (χ3v) is 5.25. The van der Waals surface area contributed by atoms with Gasteiger partial charge in [-0.3, -0.25) is 4.79 Å². The number of nitrogens with one attached hydrogen (secondary N) is 1. The Morgan fingerprint density at radius 1 is 1.16 bits per heavy atom. The molecule has 1 amide bonds. The Balaban J connectivity index is 1.64. The van der Waals surface area contributed by atoms with E-state index in [1.54, 1.807) is 0 Å². The summed E-state index contributed by atoms with van der Waals surface area (Å²) in [5, 5.41) is 3.46. The summed E-state index contributed by atoms with van der Waals surface area (Å²) in [4.78, 5) is 14.4. The molecule has 3 rings (SSSR count). The molecule has 19 heavy (non-hydrogen) atoms. The molecule has 1 spiro atoms. The summed E-state index contributed by atoms with van der Waals surface area (Å²) in [6, 6.07) is 7.87. The molecular weight excluding hydrogens is 351 g/mol. The standard InChI is InChI=1S/C15H19IN2O/c16-13-3-1-12(2-4-13)14(19)18-9-6-15(7-10-18)5-8-17-11-15/h1-4,17H,5-11H2. The molecule has 0 unspecified atom stereocenters. The lowest BCUT2D eigenvalue weighted by atomic mass is 9.78. The van der Waals surface area contributed by atoms with Crippen LogP contribution >= 0.6 is 22.6 Å². The molecule has 3 nitrogen and oxygen atoms in total. The van der Waals surface area contributed by atoms with E-state index in [1.165, 1.54) is 9.99 Å². The highest BCUT2D eigenvalue weighted by molar-refractivity contribution is 14.1. The number of carbonyl (C=O) groups is 1. The second kappa shape index (κ2) is 5.40. The van der Waals surface area contributed by atoms with Crippen molar-refractivity contribution in [3.8, 4) is 0 Å². The first-order valence-electron chi connectivity index (χ1n) is 6.94. The van der Waals surface area contributed by atoms with Gasteiger partial charge < -0.3 is 10.2 Å². The van der Waals surface area contributed by atoms with Crippen molar-refractivity contribution in [1.29, 1.82) is 0 Å². The third-order valence-electron chi connectivity index (χ3n) is 4.53. The number of carbonyl (C=O) groups excluding carboxylic acids is 1. The van der Waals surface area contributed by atoms with Gasteiger partial charge in [0, 0.05) is 28.8 Å². The van der Waals surface area contributed by atoms with Crippen LogP contribution in [0, 0.1) is 8.99 Å². The molecule has 0 bridgehead atoms. The smallest absolute Gasteiger partial charge is 0.253 e. The predicted octanol–water partition coefficient (Wildman–Crippen LogP) is 2.51. The number of hydrogen-bond acceptors (Lipinski definition) is 2. The fourth-order valence-electron chi connectivity index (χ4n) is 3.18. The van der Waals surface area contributed by atoms with E-state index < -0.39 is 0 Å². The van der Waals surface area contributed by atoms with Crippen molar-refractivity contribution < 1.29 is 4.79 Å². The van der Waals surface area contributed by atoms with Crippen LogP contribution in [0.4, 0.5) is 0 Å². The number of benzene rings is 1. The molecule has 1 aromatic rings. The van der Waals surface area contributed by atoms with Crippen LogP contribution in [0.1, 0.15) is 29.6 Å². The van der Waals surface area contributed by atoms with Gasteiger partial charge in [0.05, 0.1) is 0 Å². The van der Waals surface area contributed by atoms with Crippen LogP contribution in [0.2, 0.25) is 0 Å². The van der Waals surface area contributed by atoms with E-state index in [2.05, 4.69) is 27.9 Å². The molecule has 1 aromatic carbocycles. The number of rotatable bonds is 1. The van der Waals surface area contributed by atoms with E-state index in [-0.39, 0.29) is 5.91 Å². The molecule has 0 aliphatic carbocycles. The molecule has 1 N–H and O–H groups in total. The Kier molecular flexibility index (Phi) is 3.80. The minimum absolute atomic E-state index is 0.192. The molecule has 0 atom stereocenters. The molecule has 0 radical (unpaired) electrons. The molecule has 4 heteroatoms. The summed E-state index contributed by atoms with van der Waals surface area (Å²) in [6.45, 7) is 4.10. The van der Waals surface area contributed by atoms with Crippen LogP contribution < -0.4 is 5.32 Å². The van der Waals surface area contributed by atoms with Gasteiger partial charge >= 0.3 is 0 Å². The highest BCUT2D eigenvalue weighted by Gasteiger charge is 2.38. The molecular formula is C15H19IN2O. The van der Waals surface area contributed by atoms with Crippen molar-refractivity contribution in [2.75, 3.05) is 26.2 Å². The summed E-state index contributed by atoms with van der Waals surface area (Å²) in [5.41, 5.74) is 1.30. The van der Waals surface area contributed by atoms with Gasteiger partial charge in [0.15, 0.2) is 0 Å². The second-order valence-corrected chi connectivity index (χ2v) is 6.97. The topological polar surface area (TPSA) is 32.3 Å². The molecule has 0 aromatic heterocycles. The van der Waals surface area contributed by atoms with Gasteiger partial charge in [-0.15, -0.1) is 0 Å². The molecule has 102 valence electrons. The first-order valence-corrected chi connectivity index (χ1v) is 8.02. The minimum Gasteiger partial charge on any atom is -0.339 e. The first kappa shape index (κ1) is 13.4. The van der Waals surface area contributed by atoms with Crippen molar-refractivity contribution in [2.24, 2.45) is 5.41 Å². The van der Waals surface area contributed by atoms with Gasteiger partial charge in [0.2, 0.25) is 0 Å². The van der Waals surface area contributed by atoms with E-state index in [0.717, 1.165) is 44.6 Å². The van der Waals surface area contributed by atoms with Crippen LogP contribution in [0.5, 0.6) is 0 Å². The zero-order valence-corrected chi connectivity index (χ0v) is 13.2. The average molecular weight is 370 g/mol. The maximum Gasteiger partial charge on any atom is 0.253 e. The highest BCUT2D eigenvalue weighted by atomic mass is 127. The first-order chi connectivity index (χ1) is 9.19. The number of halogens is 1. The zero-order valence-electron chi connectivity index (χ0n) is 11.0. The maximum atomic E-state index is 12.4. The van der Waals surface area contributed by atoms with Crippen molar-refractivity contribution in [3.63, 3.8) is 0 Å². The van der Waals surface area contributed by atoms with Crippen LogP contribution in [0.15, 0.2) is 24.3 Å². The van der Waals surface area contributed by atoms with Crippen molar-refractivity contribution in [1.82, 2.24) is 10.2 Å². The van der Waals surface area contributed by atoms with E-state index in [4.69, 9.17) is 0 Å². The third kappa shape index (κ3) is 2.79. The zero-order chi connectivity index (χ0) is 13.3. The molecule has 2 fully saturated rings. The normalized spacial score (nSPS) is 21.8. The highest BCUT2D eigenvalue weighted by Crippen LogP contribution is 2.37. The largest absolute Gasteiger partial charge is 0.339 e. The van der Waals surface area contributed by atoms with Crippen LogP contribution in [0.25, 0.3) is 0 Å². The fourth-order valence-corrected chi connectivity index (χ4v) is 3.54. The van der Waals surface area contributed by atoms with E-state index >= 15 is 0 Å². The van der Waals surface area contributed by atoms with Crippen LogP contribution in [-0.4, -0.2) is 37.0 Å². The Morgan fingerprint density at radius 3 is 2.42 bits per heavy atom. The van der Waals surface area contributed by atoms with E-state index in [1.807, 2.05) is 29.2 Å². The SMILES string of the molecule is O=C(c1ccc(I)cc1)N1CCC2(CCNC2)CC1. The molecule has 2 saturated heterocycles. The lowest BCUT2D eigenvalue weighted by Crippen LogP contribution is -2.44. The van der Waals surface area contributed by atoms with Gasteiger partial charge in [0.25, 0.3) is 5.91 Å². The monoisotopic (exact) mass is 370 g/mol. The minimum atomic E-state index is 0.192. The van der Waals surface area contributed by atoms with Gasteiger partial charge in [-0.25, -0.2) is 0 Å². The van der Waals surface area contributed by atoms with Crippen LogP contribution in [0.3, 0.4) is 0 Å². The number of amides is 1. The molecule has 2 heterocycles. The van der Waals surface area contributed by atoms with E-state index in [9.17, 15) is 4.79 Å². The summed E-state index contributed by atoms with van der Waals surface area (Å²) < 4.78 is 1.17. The number of piperidine rings is 1. The molecule has 2 aliphatic heterocycles. The lowest BCUT2D eigenvalue weighted by molar-refractivity contribution is 0.0607. The summed E-state index contributed by atoms with van der Waals surface area (Å²) in [5.74, 6) is 0.192. The van der Waals surface area contributed by atoms with Crippen molar-refractivity contribution in [3.05, 3.63) is 33.4 Å². The summed E-state index contributed by atoms with van der Waals surface area (Å²) >= 11 is 2.26. The number of nitrogens with zero attached hydrogens (tertiary/aromatic N) is 1.